The lowest BCUT2D eigenvalue weighted by Crippen LogP contribution is -2.26. The smallest absolute Gasteiger partial charge is 0.273 e. The maximum Gasteiger partial charge on any atom is 0.273 e. The van der Waals surface area contributed by atoms with Gasteiger partial charge in [0.05, 0.1) is 6.26 Å². The van der Waals surface area contributed by atoms with E-state index in [1.807, 2.05) is 30.3 Å². The van der Waals surface area contributed by atoms with Crippen LogP contribution in [0.25, 0.3) is 0 Å². The minimum atomic E-state index is -0.220. The maximum absolute atomic E-state index is 12.1. The van der Waals surface area contributed by atoms with Crippen LogP contribution in [0.4, 0.5) is 0 Å². The molecule has 1 N–H and O–H groups in total. The fourth-order valence-corrected chi connectivity index (χ4v) is 2.59. The van der Waals surface area contributed by atoms with Crippen LogP contribution in [0.15, 0.2) is 64.0 Å². The van der Waals surface area contributed by atoms with Crippen molar-refractivity contribution in [3.63, 3.8) is 0 Å². The molecule has 0 aliphatic heterocycles. The number of amides is 1. The SMILES string of the molecule is Cc1ocnc1C(=O)NCC[C@H](c1ccccc1)c1ccco1. The molecule has 2 aromatic heterocycles. The summed E-state index contributed by atoms with van der Waals surface area (Å²) in [5.41, 5.74) is 1.49. The molecule has 2 heterocycles. The van der Waals surface area contributed by atoms with Crippen LogP contribution in [0, 0.1) is 6.92 Å². The number of aromatic nitrogens is 1. The van der Waals surface area contributed by atoms with E-state index < -0.39 is 0 Å². The third-order valence-electron chi connectivity index (χ3n) is 3.77. The summed E-state index contributed by atoms with van der Waals surface area (Å²) >= 11 is 0. The van der Waals surface area contributed by atoms with E-state index in [0.717, 1.165) is 17.7 Å². The fourth-order valence-electron chi connectivity index (χ4n) is 2.59. The molecule has 0 fully saturated rings. The lowest BCUT2D eigenvalue weighted by atomic mass is 9.93. The second-order valence-electron chi connectivity index (χ2n) is 5.28. The molecule has 0 saturated carbocycles. The zero-order valence-corrected chi connectivity index (χ0v) is 12.9. The molecule has 0 spiro atoms. The van der Waals surface area contributed by atoms with Crippen LogP contribution in [-0.2, 0) is 0 Å². The van der Waals surface area contributed by atoms with Crippen LogP contribution < -0.4 is 5.32 Å². The second kappa shape index (κ2) is 6.96. The average molecular weight is 310 g/mol. The molecule has 3 rings (SSSR count). The zero-order chi connectivity index (χ0) is 16.1. The van der Waals surface area contributed by atoms with Gasteiger partial charge >= 0.3 is 0 Å². The van der Waals surface area contributed by atoms with Crippen molar-refractivity contribution in [2.75, 3.05) is 6.54 Å². The molecule has 0 radical (unpaired) electrons. The Kier molecular flexibility index (Phi) is 4.57. The number of hydrogen-bond donors (Lipinski definition) is 1. The van der Waals surface area contributed by atoms with Gasteiger partial charge < -0.3 is 14.2 Å². The van der Waals surface area contributed by atoms with Crippen LogP contribution in [0.5, 0.6) is 0 Å². The molecule has 5 nitrogen and oxygen atoms in total. The Balaban J connectivity index is 1.66. The number of oxazole rings is 1. The summed E-state index contributed by atoms with van der Waals surface area (Å²) in [5.74, 6) is 1.30. The van der Waals surface area contributed by atoms with Crippen molar-refractivity contribution in [2.24, 2.45) is 0 Å². The number of carbonyl (C=O) groups is 1. The standard InChI is InChI=1S/C18H18N2O3/c1-13-17(20-12-23-13)18(21)19-10-9-15(16-8-5-11-22-16)14-6-3-2-4-7-14/h2-8,11-12,15H,9-10H2,1H3,(H,19,21)/t15-/m1/s1. The van der Waals surface area contributed by atoms with E-state index >= 15 is 0 Å². The molecule has 118 valence electrons. The quantitative estimate of drug-likeness (QED) is 0.756. The second-order valence-corrected chi connectivity index (χ2v) is 5.28. The summed E-state index contributed by atoms with van der Waals surface area (Å²) in [5, 5.41) is 2.88. The summed E-state index contributed by atoms with van der Waals surface area (Å²) < 4.78 is 10.6. The third kappa shape index (κ3) is 3.51. The Morgan fingerprint density at radius 3 is 2.65 bits per heavy atom. The monoisotopic (exact) mass is 310 g/mol. The molecule has 1 aromatic carbocycles. The van der Waals surface area contributed by atoms with E-state index in [1.165, 1.54) is 6.39 Å². The molecule has 0 aliphatic carbocycles. The number of nitrogens with one attached hydrogen (secondary N) is 1. The largest absolute Gasteiger partial charge is 0.469 e. The van der Waals surface area contributed by atoms with E-state index in [2.05, 4.69) is 22.4 Å². The molecule has 1 amide bonds. The van der Waals surface area contributed by atoms with Gasteiger partial charge in [-0.3, -0.25) is 4.79 Å². The van der Waals surface area contributed by atoms with E-state index in [0.29, 0.717) is 18.0 Å². The van der Waals surface area contributed by atoms with E-state index in [4.69, 9.17) is 8.83 Å². The number of aryl methyl sites for hydroxylation is 1. The minimum absolute atomic E-state index is 0.102. The molecule has 23 heavy (non-hydrogen) atoms. The highest BCUT2D eigenvalue weighted by Crippen LogP contribution is 2.27. The fraction of sp³-hybridized carbons (Fsp3) is 0.222. The van der Waals surface area contributed by atoms with Crippen LogP contribution in [0.2, 0.25) is 0 Å². The van der Waals surface area contributed by atoms with Crippen LogP contribution in [-0.4, -0.2) is 17.4 Å². The van der Waals surface area contributed by atoms with E-state index in [1.54, 1.807) is 13.2 Å². The Morgan fingerprint density at radius 2 is 2.00 bits per heavy atom. The Labute approximate surface area is 134 Å². The summed E-state index contributed by atoms with van der Waals surface area (Å²) in [4.78, 5) is 16.0. The highest BCUT2D eigenvalue weighted by molar-refractivity contribution is 5.92. The average Bonchev–Trinajstić information content (AvgIpc) is 3.24. The van der Waals surface area contributed by atoms with Crippen molar-refractivity contribution < 1.29 is 13.6 Å². The van der Waals surface area contributed by atoms with Crippen molar-refractivity contribution in [2.45, 2.75) is 19.3 Å². The van der Waals surface area contributed by atoms with E-state index in [9.17, 15) is 4.79 Å². The van der Waals surface area contributed by atoms with Gasteiger partial charge in [0.15, 0.2) is 12.1 Å². The lowest BCUT2D eigenvalue weighted by molar-refractivity contribution is 0.0946. The molecule has 0 unspecified atom stereocenters. The minimum Gasteiger partial charge on any atom is -0.469 e. The number of benzene rings is 1. The predicted molar refractivity (Wildman–Crippen MR) is 85.2 cm³/mol. The molecule has 0 aliphatic rings. The summed E-state index contributed by atoms with van der Waals surface area (Å²) in [7, 11) is 0. The number of nitrogens with zero attached hydrogens (tertiary/aromatic N) is 1. The van der Waals surface area contributed by atoms with Gasteiger partial charge in [-0.1, -0.05) is 30.3 Å². The van der Waals surface area contributed by atoms with Gasteiger partial charge in [0, 0.05) is 12.5 Å². The Bertz CT molecular complexity index is 748. The molecule has 3 aromatic rings. The van der Waals surface area contributed by atoms with Gasteiger partial charge in [0.25, 0.3) is 5.91 Å². The number of hydrogen-bond acceptors (Lipinski definition) is 4. The van der Waals surface area contributed by atoms with Crippen LogP contribution in [0.3, 0.4) is 0 Å². The normalized spacial score (nSPS) is 12.0. The Morgan fingerprint density at radius 1 is 1.17 bits per heavy atom. The molecule has 1 atom stereocenters. The van der Waals surface area contributed by atoms with Gasteiger partial charge in [0.1, 0.15) is 11.5 Å². The van der Waals surface area contributed by atoms with Gasteiger partial charge in [-0.25, -0.2) is 4.98 Å². The van der Waals surface area contributed by atoms with Gasteiger partial charge in [-0.2, -0.15) is 0 Å². The summed E-state index contributed by atoms with van der Waals surface area (Å²) in [6.45, 7) is 2.24. The first kappa shape index (κ1) is 15.1. The number of rotatable bonds is 6. The van der Waals surface area contributed by atoms with Gasteiger partial charge in [0.2, 0.25) is 0 Å². The van der Waals surface area contributed by atoms with Crippen LogP contribution in [0.1, 0.15) is 39.9 Å². The summed E-state index contributed by atoms with van der Waals surface area (Å²) in [6.07, 6.45) is 3.68. The van der Waals surface area contributed by atoms with Crippen molar-refractivity contribution in [3.8, 4) is 0 Å². The first-order chi connectivity index (χ1) is 11.3. The molecular weight excluding hydrogens is 292 g/mol. The van der Waals surface area contributed by atoms with Crippen molar-refractivity contribution >= 4 is 5.91 Å². The predicted octanol–water partition coefficient (Wildman–Crippen LogP) is 3.53. The topological polar surface area (TPSA) is 68.3 Å². The van der Waals surface area contributed by atoms with Gasteiger partial charge in [-0.15, -0.1) is 0 Å². The number of furan rings is 1. The van der Waals surface area contributed by atoms with Crippen LogP contribution >= 0.6 is 0 Å². The molecule has 5 heteroatoms. The van der Waals surface area contributed by atoms with Crippen molar-refractivity contribution in [1.82, 2.24) is 10.3 Å². The maximum atomic E-state index is 12.1. The molecular formula is C18H18N2O3. The zero-order valence-electron chi connectivity index (χ0n) is 12.9. The van der Waals surface area contributed by atoms with Crippen molar-refractivity contribution in [1.29, 1.82) is 0 Å². The molecule has 0 bridgehead atoms. The first-order valence-corrected chi connectivity index (χ1v) is 7.52. The molecule has 0 saturated heterocycles. The highest BCUT2D eigenvalue weighted by Gasteiger charge is 2.18. The van der Waals surface area contributed by atoms with E-state index in [-0.39, 0.29) is 11.8 Å². The number of carbonyl (C=O) groups excluding carboxylic acids is 1. The highest BCUT2D eigenvalue weighted by atomic mass is 16.3. The van der Waals surface area contributed by atoms with Gasteiger partial charge in [-0.05, 0) is 31.0 Å². The first-order valence-electron chi connectivity index (χ1n) is 7.52. The lowest BCUT2D eigenvalue weighted by Gasteiger charge is -2.15. The van der Waals surface area contributed by atoms with Crippen molar-refractivity contribution in [3.05, 3.63) is 77.9 Å². The summed E-state index contributed by atoms with van der Waals surface area (Å²) in [6, 6.07) is 14.0. The Hall–Kier alpha value is -2.82. The third-order valence-corrected chi connectivity index (χ3v) is 3.77.